The third-order valence-electron chi connectivity index (χ3n) is 4.06. The van der Waals surface area contributed by atoms with Gasteiger partial charge in [0.1, 0.15) is 5.75 Å². The third-order valence-corrected chi connectivity index (χ3v) is 4.06. The summed E-state index contributed by atoms with van der Waals surface area (Å²) in [6, 6.07) is 14.6. The molecule has 24 heavy (non-hydrogen) atoms. The van der Waals surface area contributed by atoms with Crippen molar-refractivity contribution in [1.82, 2.24) is 4.90 Å². The molecule has 0 saturated carbocycles. The molecular formula is C20H27NO3. The van der Waals surface area contributed by atoms with E-state index in [2.05, 4.69) is 36.1 Å². The summed E-state index contributed by atoms with van der Waals surface area (Å²) < 4.78 is 10.5. The number of aliphatic hydroxyl groups is 1. The highest BCUT2D eigenvalue weighted by molar-refractivity contribution is 5.36. The van der Waals surface area contributed by atoms with Crippen molar-refractivity contribution in [2.45, 2.75) is 26.6 Å². The lowest BCUT2D eigenvalue weighted by Gasteiger charge is -2.23. The number of nitrogens with zero attached hydrogens (tertiary/aromatic N) is 1. The first-order valence-electron chi connectivity index (χ1n) is 8.19. The van der Waals surface area contributed by atoms with Crippen LogP contribution in [0.5, 0.6) is 5.75 Å². The molecule has 4 heteroatoms. The molecule has 0 aliphatic rings. The van der Waals surface area contributed by atoms with Crippen LogP contribution in [0.4, 0.5) is 0 Å². The molecule has 0 atom stereocenters. The van der Waals surface area contributed by atoms with Crippen LogP contribution >= 0.6 is 0 Å². The standard InChI is InChI=1S/C20H27NO3/c1-16-4-6-17(7-5-16)13-21(10-11-23-2)14-18-8-9-20(24-3)19(12-18)15-22/h4-9,12,22H,10-11,13-15H2,1-3H3. The summed E-state index contributed by atoms with van der Waals surface area (Å²) in [5.41, 5.74) is 4.53. The Hall–Kier alpha value is -1.88. The highest BCUT2D eigenvalue weighted by atomic mass is 16.5. The van der Waals surface area contributed by atoms with E-state index in [9.17, 15) is 5.11 Å². The molecule has 0 radical (unpaired) electrons. The van der Waals surface area contributed by atoms with Crippen LogP contribution in [0, 0.1) is 6.92 Å². The third kappa shape index (κ3) is 5.34. The van der Waals surface area contributed by atoms with E-state index in [1.165, 1.54) is 11.1 Å². The Kier molecular flexibility index (Phi) is 7.25. The lowest BCUT2D eigenvalue weighted by molar-refractivity contribution is 0.140. The maximum absolute atomic E-state index is 9.50. The molecule has 2 aromatic rings. The molecule has 0 fully saturated rings. The van der Waals surface area contributed by atoms with E-state index in [1.807, 2.05) is 18.2 Å². The average Bonchev–Trinajstić information content (AvgIpc) is 2.61. The van der Waals surface area contributed by atoms with Crippen molar-refractivity contribution in [3.05, 3.63) is 64.7 Å². The van der Waals surface area contributed by atoms with Gasteiger partial charge in [-0.3, -0.25) is 4.90 Å². The van der Waals surface area contributed by atoms with E-state index < -0.39 is 0 Å². The van der Waals surface area contributed by atoms with Crippen molar-refractivity contribution in [1.29, 1.82) is 0 Å². The number of hydrogen-bond donors (Lipinski definition) is 1. The van der Waals surface area contributed by atoms with Crippen LogP contribution in [-0.2, 0) is 24.4 Å². The Morgan fingerprint density at radius 1 is 0.958 bits per heavy atom. The molecule has 0 unspecified atom stereocenters. The van der Waals surface area contributed by atoms with Crippen LogP contribution in [-0.4, -0.2) is 37.4 Å². The van der Waals surface area contributed by atoms with Gasteiger partial charge in [0.25, 0.3) is 0 Å². The highest BCUT2D eigenvalue weighted by Gasteiger charge is 2.10. The molecule has 0 bridgehead atoms. The van der Waals surface area contributed by atoms with E-state index in [0.717, 1.165) is 36.5 Å². The second-order valence-corrected chi connectivity index (χ2v) is 5.99. The SMILES string of the molecule is COCCN(Cc1ccc(C)cc1)Cc1ccc(OC)c(CO)c1. The average molecular weight is 329 g/mol. The number of hydrogen-bond acceptors (Lipinski definition) is 4. The van der Waals surface area contributed by atoms with Gasteiger partial charge in [-0.1, -0.05) is 35.9 Å². The van der Waals surface area contributed by atoms with Gasteiger partial charge in [-0.2, -0.15) is 0 Å². The van der Waals surface area contributed by atoms with Crippen molar-refractivity contribution >= 4 is 0 Å². The first kappa shape index (κ1) is 18.5. The van der Waals surface area contributed by atoms with Crippen LogP contribution in [0.15, 0.2) is 42.5 Å². The first-order valence-corrected chi connectivity index (χ1v) is 8.19. The molecule has 0 heterocycles. The maximum Gasteiger partial charge on any atom is 0.124 e. The Balaban J connectivity index is 2.11. The Bertz CT molecular complexity index is 625. The summed E-state index contributed by atoms with van der Waals surface area (Å²) in [5.74, 6) is 0.725. The summed E-state index contributed by atoms with van der Waals surface area (Å²) in [6.45, 7) is 5.28. The fraction of sp³-hybridized carbons (Fsp3) is 0.400. The van der Waals surface area contributed by atoms with E-state index in [-0.39, 0.29) is 6.61 Å². The van der Waals surface area contributed by atoms with Crippen LogP contribution in [0.25, 0.3) is 0 Å². The van der Waals surface area contributed by atoms with E-state index in [1.54, 1.807) is 14.2 Å². The predicted octanol–water partition coefficient (Wildman–Crippen LogP) is 3.14. The maximum atomic E-state index is 9.50. The van der Waals surface area contributed by atoms with Crippen molar-refractivity contribution < 1.29 is 14.6 Å². The quantitative estimate of drug-likeness (QED) is 0.767. The minimum atomic E-state index is -0.0208. The van der Waals surface area contributed by atoms with Gasteiger partial charge in [-0.25, -0.2) is 0 Å². The minimum Gasteiger partial charge on any atom is -0.496 e. The molecule has 2 rings (SSSR count). The van der Waals surface area contributed by atoms with Gasteiger partial charge in [-0.15, -0.1) is 0 Å². The molecule has 0 saturated heterocycles. The number of benzene rings is 2. The lowest BCUT2D eigenvalue weighted by atomic mass is 10.1. The fourth-order valence-electron chi connectivity index (χ4n) is 2.70. The van der Waals surface area contributed by atoms with Gasteiger partial charge in [-0.05, 0) is 30.2 Å². The van der Waals surface area contributed by atoms with Crippen molar-refractivity contribution in [3.8, 4) is 5.75 Å². The van der Waals surface area contributed by atoms with Gasteiger partial charge in [0.05, 0.1) is 20.3 Å². The van der Waals surface area contributed by atoms with E-state index in [4.69, 9.17) is 9.47 Å². The molecule has 130 valence electrons. The molecule has 0 aliphatic heterocycles. The molecule has 2 aromatic carbocycles. The van der Waals surface area contributed by atoms with Crippen molar-refractivity contribution in [2.24, 2.45) is 0 Å². The van der Waals surface area contributed by atoms with Crippen LogP contribution in [0.1, 0.15) is 22.3 Å². The minimum absolute atomic E-state index is 0.0208. The second-order valence-electron chi connectivity index (χ2n) is 5.99. The molecule has 0 aliphatic carbocycles. The van der Waals surface area contributed by atoms with Gasteiger partial charge in [0.15, 0.2) is 0 Å². The number of aryl methyl sites for hydroxylation is 1. The van der Waals surface area contributed by atoms with Gasteiger partial charge >= 0.3 is 0 Å². The topological polar surface area (TPSA) is 41.9 Å². The van der Waals surface area contributed by atoms with Gasteiger partial charge in [0, 0.05) is 32.3 Å². The summed E-state index contributed by atoms with van der Waals surface area (Å²) >= 11 is 0. The van der Waals surface area contributed by atoms with Gasteiger partial charge in [0.2, 0.25) is 0 Å². The number of methoxy groups -OCH3 is 2. The van der Waals surface area contributed by atoms with Crippen LogP contribution < -0.4 is 4.74 Å². The van der Waals surface area contributed by atoms with Crippen molar-refractivity contribution in [2.75, 3.05) is 27.4 Å². The molecule has 4 nitrogen and oxygen atoms in total. The van der Waals surface area contributed by atoms with E-state index >= 15 is 0 Å². The van der Waals surface area contributed by atoms with Gasteiger partial charge < -0.3 is 14.6 Å². The normalized spacial score (nSPS) is 11.0. The Labute approximate surface area is 144 Å². The molecule has 0 aromatic heterocycles. The molecule has 1 N–H and O–H groups in total. The first-order chi connectivity index (χ1) is 11.7. The predicted molar refractivity (Wildman–Crippen MR) is 96.1 cm³/mol. The number of rotatable bonds is 9. The summed E-state index contributed by atoms with van der Waals surface area (Å²) in [6.07, 6.45) is 0. The zero-order valence-electron chi connectivity index (χ0n) is 14.8. The fourth-order valence-corrected chi connectivity index (χ4v) is 2.70. The molecule has 0 spiro atoms. The zero-order valence-corrected chi connectivity index (χ0v) is 14.8. The Morgan fingerprint density at radius 3 is 2.25 bits per heavy atom. The van der Waals surface area contributed by atoms with Crippen molar-refractivity contribution in [3.63, 3.8) is 0 Å². The second kappa shape index (κ2) is 9.42. The Morgan fingerprint density at radius 2 is 1.62 bits per heavy atom. The summed E-state index contributed by atoms with van der Waals surface area (Å²) in [5, 5.41) is 9.50. The lowest BCUT2D eigenvalue weighted by Crippen LogP contribution is -2.26. The smallest absolute Gasteiger partial charge is 0.124 e. The monoisotopic (exact) mass is 329 g/mol. The number of ether oxygens (including phenoxy) is 2. The zero-order chi connectivity index (χ0) is 17.4. The largest absolute Gasteiger partial charge is 0.496 e. The molecular weight excluding hydrogens is 302 g/mol. The van der Waals surface area contributed by atoms with Crippen LogP contribution in [0.2, 0.25) is 0 Å². The highest BCUT2D eigenvalue weighted by Crippen LogP contribution is 2.21. The summed E-state index contributed by atoms with van der Waals surface area (Å²) in [7, 11) is 3.34. The number of aliphatic hydroxyl groups excluding tert-OH is 1. The summed E-state index contributed by atoms with van der Waals surface area (Å²) in [4.78, 5) is 2.34. The van der Waals surface area contributed by atoms with E-state index in [0.29, 0.717) is 6.61 Å². The van der Waals surface area contributed by atoms with Crippen LogP contribution in [0.3, 0.4) is 0 Å². The molecule has 0 amide bonds.